The second-order valence-electron chi connectivity index (χ2n) is 3.99. The molecule has 1 aromatic heterocycles. The van der Waals surface area contributed by atoms with Crippen LogP contribution in [0.1, 0.15) is 15.9 Å². The van der Waals surface area contributed by atoms with Crippen LogP contribution in [0.5, 0.6) is 0 Å². The Morgan fingerprint density at radius 3 is 2.74 bits per heavy atom. The van der Waals surface area contributed by atoms with Gasteiger partial charge in [-0.25, -0.2) is 0 Å². The first-order valence-corrected chi connectivity index (χ1v) is 7.66. The van der Waals surface area contributed by atoms with Crippen molar-refractivity contribution in [2.45, 2.75) is 6.42 Å². The summed E-state index contributed by atoms with van der Waals surface area (Å²) in [6.07, 6.45) is 4.32. The number of pyridine rings is 1. The summed E-state index contributed by atoms with van der Waals surface area (Å²) in [7, 11) is 0. The minimum atomic E-state index is -0.0419. The Balaban J connectivity index is 1.93. The molecule has 0 fully saturated rings. The van der Waals surface area contributed by atoms with Crippen LogP contribution in [-0.4, -0.2) is 17.4 Å². The first-order valence-electron chi connectivity index (χ1n) is 5.79. The van der Waals surface area contributed by atoms with Crippen molar-refractivity contribution < 1.29 is 4.79 Å². The van der Waals surface area contributed by atoms with Gasteiger partial charge in [-0.3, -0.25) is 9.78 Å². The Bertz CT molecular complexity index is 575. The lowest BCUT2D eigenvalue weighted by atomic mass is 10.2. The van der Waals surface area contributed by atoms with E-state index in [1.165, 1.54) is 5.56 Å². The van der Waals surface area contributed by atoms with E-state index < -0.39 is 0 Å². The molecule has 1 N–H and O–H groups in total. The molecule has 0 radical (unpaired) electrons. The summed E-state index contributed by atoms with van der Waals surface area (Å²) in [5, 5.41) is 2.93. The van der Waals surface area contributed by atoms with E-state index in [1.54, 1.807) is 12.4 Å². The maximum absolute atomic E-state index is 12.1. The SMILES string of the molecule is O=C(NCCc1ccncc1)c1cc(Br)ccc1I. The van der Waals surface area contributed by atoms with Crippen molar-refractivity contribution in [2.75, 3.05) is 6.54 Å². The number of rotatable bonds is 4. The maximum atomic E-state index is 12.1. The zero-order chi connectivity index (χ0) is 13.7. The predicted molar refractivity (Wildman–Crippen MR) is 87.1 cm³/mol. The van der Waals surface area contributed by atoms with E-state index in [-0.39, 0.29) is 5.91 Å². The average Bonchev–Trinajstić information content (AvgIpc) is 2.42. The number of hydrogen-bond donors (Lipinski definition) is 1. The molecular formula is C14H12BrIN2O. The molecule has 0 atom stereocenters. The fourth-order valence-corrected chi connectivity index (χ4v) is 2.58. The number of nitrogens with one attached hydrogen (secondary N) is 1. The fraction of sp³-hybridized carbons (Fsp3) is 0.143. The van der Waals surface area contributed by atoms with Gasteiger partial charge >= 0.3 is 0 Å². The molecular weight excluding hydrogens is 419 g/mol. The molecule has 0 spiro atoms. The Morgan fingerprint density at radius 2 is 2.00 bits per heavy atom. The summed E-state index contributed by atoms with van der Waals surface area (Å²) < 4.78 is 1.86. The van der Waals surface area contributed by atoms with Crippen LogP contribution in [0.4, 0.5) is 0 Å². The molecule has 0 saturated carbocycles. The van der Waals surface area contributed by atoms with Crippen LogP contribution in [0, 0.1) is 3.57 Å². The third-order valence-corrected chi connectivity index (χ3v) is 4.06. The molecule has 0 aliphatic carbocycles. The molecule has 1 amide bonds. The number of carbonyl (C=O) groups is 1. The quantitative estimate of drug-likeness (QED) is 0.755. The van der Waals surface area contributed by atoms with Gasteiger partial charge in [0.15, 0.2) is 0 Å². The first-order chi connectivity index (χ1) is 9.16. The van der Waals surface area contributed by atoms with Crippen LogP contribution >= 0.6 is 38.5 Å². The van der Waals surface area contributed by atoms with E-state index >= 15 is 0 Å². The lowest BCUT2D eigenvalue weighted by Gasteiger charge is -2.07. The Kier molecular flexibility index (Phi) is 5.33. The van der Waals surface area contributed by atoms with E-state index in [0.29, 0.717) is 12.1 Å². The zero-order valence-corrected chi connectivity index (χ0v) is 13.8. The van der Waals surface area contributed by atoms with Crippen LogP contribution in [0.3, 0.4) is 0 Å². The lowest BCUT2D eigenvalue weighted by Crippen LogP contribution is -2.26. The van der Waals surface area contributed by atoms with Gasteiger partial charge in [-0.1, -0.05) is 15.9 Å². The minimum Gasteiger partial charge on any atom is -0.352 e. The molecule has 19 heavy (non-hydrogen) atoms. The average molecular weight is 431 g/mol. The van der Waals surface area contributed by atoms with Gasteiger partial charge in [0.25, 0.3) is 5.91 Å². The molecule has 2 rings (SSSR count). The monoisotopic (exact) mass is 430 g/mol. The van der Waals surface area contributed by atoms with Crippen LogP contribution in [0.25, 0.3) is 0 Å². The topological polar surface area (TPSA) is 42.0 Å². The van der Waals surface area contributed by atoms with Crippen molar-refractivity contribution in [3.05, 3.63) is 61.9 Å². The highest BCUT2D eigenvalue weighted by molar-refractivity contribution is 14.1. The zero-order valence-electron chi connectivity index (χ0n) is 10.1. The fourth-order valence-electron chi connectivity index (χ4n) is 1.64. The van der Waals surface area contributed by atoms with Gasteiger partial charge in [0, 0.05) is 27.0 Å². The molecule has 0 aliphatic rings. The molecule has 2 aromatic rings. The highest BCUT2D eigenvalue weighted by atomic mass is 127. The van der Waals surface area contributed by atoms with Gasteiger partial charge in [-0.05, 0) is 64.9 Å². The van der Waals surface area contributed by atoms with Gasteiger partial charge < -0.3 is 5.32 Å². The van der Waals surface area contributed by atoms with Gasteiger partial charge in [0.2, 0.25) is 0 Å². The van der Waals surface area contributed by atoms with Gasteiger partial charge in [0.05, 0.1) is 5.56 Å². The highest BCUT2D eigenvalue weighted by Crippen LogP contribution is 2.18. The summed E-state index contributed by atoms with van der Waals surface area (Å²) in [5.74, 6) is -0.0419. The molecule has 1 heterocycles. The second kappa shape index (κ2) is 7.00. The molecule has 98 valence electrons. The van der Waals surface area contributed by atoms with Crippen molar-refractivity contribution in [2.24, 2.45) is 0 Å². The molecule has 0 aliphatic heterocycles. The number of aromatic nitrogens is 1. The molecule has 1 aromatic carbocycles. The molecule has 5 heteroatoms. The Morgan fingerprint density at radius 1 is 1.26 bits per heavy atom. The number of amides is 1. The van der Waals surface area contributed by atoms with E-state index in [4.69, 9.17) is 0 Å². The standard InChI is InChI=1S/C14H12BrIN2O/c15-11-1-2-13(16)12(9-11)14(19)18-8-5-10-3-6-17-7-4-10/h1-4,6-7,9H,5,8H2,(H,18,19). The van der Waals surface area contributed by atoms with Crippen LogP contribution in [-0.2, 0) is 6.42 Å². The number of hydrogen-bond acceptors (Lipinski definition) is 2. The molecule has 0 saturated heterocycles. The number of benzene rings is 1. The third kappa shape index (κ3) is 4.28. The number of nitrogens with zero attached hydrogens (tertiary/aromatic N) is 1. The Hall–Kier alpha value is -0.950. The van der Waals surface area contributed by atoms with E-state index in [2.05, 4.69) is 48.8 Å². The normalized spacial score (nSPS) is 10.2. The van der Waals surface area contributed by atoms with Gasteiger partial charge in [-0.2, -0.15) is 0 Å². The lowest BCUT2D eigenvalue weighted by molar-refractivity contribution is 0.0953. The summed E-state index contributed by atoms with van der Waals surface area (Å²) in [4.78, 5) is 16.0. The predicted octanol–water partition coefficient (Wildman–Crippen LogP) is 3.42. The summed E-state index contributed by atoms with van der Waals surface area (Å²) >= 11 is 5.54. The smallest absolute Gasteiger partial charge is 0.252 e. The summed E-state index contributed by atoms with van der Waals surface area (Å²) in [5.41, 5.74) is 1.86. The number of halogens is 2. The minimum absolute atomic E-state index is 0.0419. The third-order valence-electron chi connectivity index (χ3n) is 2.62. The number of carbonyl (C=O) groups excluding carboxylic acids is 1. The van der Waals surface area contributed by atoms with Crippen molar-refractivity contribution in [1.29, 1.82) is 0 Å². The van der Waals surface area contributed by atoms with Crippen molar-refractivity contribution in [1.82, 2.24) is 10.3 Å². The molecule has 0 unspecified atom stereocenters. The maximum Gasteiger partial charge on any atom is 0.252 e. The van der Waals surface area contributed by atoms with E-state index in [9.17, 15) is 4.79 Å². The van der Waals surface area contributed by atoms with Crippen LogP contribution in [0.2, 0.25) is 0 Å². The van der Waals surface area contributed by atoms with Gasteiger partial charge in [0.1, 0.15) is 0 Å². The van der Waals surface area contributed by atoms with Crippen molar-refractivity contribution >= 4 is 44.4 Å². The van der Waals surface area contributed by atoms with Crippen molar-refractivity contribution in [3.8, 4) is 0 Å². The van der Waals surface area contributed by atoms with Crippen molar-refractivity contribution in [3.63, 3.8) is 0 Å². The summed E-state index contributed by atoms with van der Waals surface area (Å²) in [6.45, 7) is 0.617. The van der Waals surface area contributed by atoms with E-state index in [1.807, 2.05) is 30.3 Å². The van der Waals surface area contributed by atoms with E-state index in [0.717, 1.165) is 14.5 Å². The molecule has 0 bridgehead atoms. The van der Waals surface area contributed by atoms with Crippen LogP contribution in [0.15, 0.2) is 47.2 Å². The second-order valence-corrected chi connectivity index (χ2v) is 6.06. The Labute approximate surface area is 134 Å². The van der Waals surface area contributed by atoms with Crippen LogP contribution < -0.4 is 5.32 Å². The highest BCUT2D eigenvalue weighted by Gasteiger charge is 2.09. The first kappa shape index (κ1) is 14.5. The van der Waals surface area contributed by atoms with Gasteiger partial charge in [-0.15, -0.1) is 0 Å². The molecule has 3 nitrogen and oxygen atoms in total. The summed E-state index contributed by atoms with van der Waals surface area (Å²) in [6, 6.07) is 9.59. The largest absolute Gasteiger partial charge is 0.352 e.